The molecule has 0 atom stereocenters. The number of nitrogens with zero attached hydrogens (tertiary/aromatic N) is 1. The number of halogens is 2. The van der Waals surface area contributed by atoms with Gasteiger partial charge < -0.3 is 16.4 Å². The van der Waals surface area contributed by atoms with Crippen molar-refractivity contribution in [3.05, 3.63) is 39.3 Å². The minimum atomic E-state index is -0.577. The van der Waals surface area contributed by atoms with Gasteiger partial charge in [0.05, 0.1) is 17.1 Å². The van der Waals surface area contributed by atoms with Crippen molar-refractivity contribution in [1.29, 1.82) is 0 Å². The van der Waals surface area contributed by atoms with Gasteiger partial charge in [-0.25, -0.2) is 4.39 Å². The van der Waals surface area contributed by atoms with Crippen molar-refractivity contribution in [2.45, 2.75) is 6.54 Å². The van der Waals surface area contributed by atoms with E-state index in [2.05, 4.69) is 0 Å². The van der Waals surface area contributed by atoms with Gasteiger partial charge in [-0.05, 0) is 28.5 Å². The quantitative estimate of drug-likeness (QED) is 0.851. The molecule has 96 valence electrons. The molecule has 2 rings (SSSR count). The van der Waals surface area contributed by atoms with E-state index in [1.165, 1.54) is 6.07 Å². The smallest absolute Gasteiger partial charge is 0.169 e. The molecule has 0 fully saturated rings. The number of rotatable bonds is 3. The van der Waals surface area contributed by atoms with Crippen LogP contribution >= 0.6 is 22.9 Å². The Morgan fingerprint density at radius 2 is 2.11 bits per heavy atom. The summed E-state index contributed by atoms with van der Waals surface area (Å²) in [5.41, 5.74) is 13.2. The molecule has 0 saturated carbocycles. The van der Waals surface area contributed by atoms with E-state index >= 15 is 0 Å². The molecular weight excluding hydrogens is 273 g/mol. The zero-order valence-electron chi connectivity index (χ0n) is 9.78. The molecule has 3 nitrogen and oxygen atoms in total. The van der Waals surface area contributed by atoms with Gasteiger partial charge in [0.15, 0.2) is 5.82 Å². The van der Waals surface area contributed by atoms with Gasteiger partial charge in [0.2, 0.25) is 0 Å². The topological polar surface area (TPSA) is 55.3 Å². The molecule has 6 heteroatoms. The second kappa shape index (κ2) is 5.04. The van der Waals surface area contributed by atoms with E-state index in [9.17, 15) is 4.39 Å². The van der Waals surface area contributed by atoms with Gasteiger partial charge in [0.1, 0.15) is 5.02 Å². The molecule has 0 aliphatic heterocycles. The van der Waals surface area contributed by atoms with E-state index in [0.717, 1.165) is 5.56 Å². The highest BCUT2D eigenvalue weighted by atomic mass is 35.5. The third-order valence-electron chi connectivity index (χ3n) is 2.62. The molecule has 2 aromatic rings. The van der Waals surface area contributed by atoms with Crippen LogP contribution in [0.2, 0.25) is 5.02 Å². The first-order valence-corrected chi connectivity index (χ1v) is 6.58. The fraction of sp³-hybridized carbons (Fsp3) is 0.167. The zero-order chi connectivity index (χ0) is 13.3. The summed E-state index contributed by atoms with van der Waals surface area (Å²) in [6.07, 6.45) is 0. The van der Waals surface area contributed by atoms with Gasteiger partial charge in [-0.15, -0.1) is 0 Å². The van der Waals surface area contributed by atoms with Crippen LogP contribution in [0.4, 0.5) is 21.5 Å². The normalized spacial score (nSPS) is 10.6. The van der Waals surface area contributed by atoms with Crippen molar-refractivity contribution < 1.29 is 4.39 Å². The van der Waals surface area contributed by atoms with Crippen molar-refractivity contribution in [2.24, 2.45) is 0 Å². The molecule has 18 heavy (non-hydrogen) atoms. The summed E-state index contributed by atoms with van der Waals surface area (Å²) in [6.45, 7) is 0.560. The molecule has 1 aromatic carbocycles. The Morgan fingerprint density at radius 1 is 1.39 bits per heavy atom. The molecular formula is C12H13ClFN3S. The Kier molecular flexibility index (Phi) is 3.63. The molecule has 0 unspecified atom stereocenters. The van der Waals surface area contributed by atoms with E-state index in [4.69, 9.17) is 23.1 Å². The van der Waals surface area contributed by atoms with E-state index in [1.807, 2.05) is 16.8 Å². The van der Waals surface area contributed by atoms with Crippen molar-refractivity contribution >= 4 is 40.0 Å². The van der Waals surface area contributed by atoms with Crippen LogP contribution < -0.4 is 16.4 Å². The Morgan fingerprint density at radius 3 is 2.72 bits per heavy atom. The lowest BCUT2D eigenvalue weighted by Crippen LogP contribution is -2.19. The van der Waals surface area contributed by atoms with E-state index in [-0.39, 0.29) is 22.1 Å². The van der Waals surface area contributed by atoms with Crippen LogP contribution in [-0.2, 0) is 6.54 Å². The second-order valence-electron chi connectivity index (χ2n) is 4.02. The number of nitrogens with two attached hydrogens (primary N) is 2. The van der Waals surface area contributed by atoms with Crippen LogP contribution in [0.25, 0.3) is 0 Å². The fourth-order valence-corrected chi connectivity index (χ4v) is 2.58. The van der Waals surface area contributed by atoms with Gasteiger partial charge in [-0.1, -0.05) is 11.6 Å². The molecule has 0 aliphatic carbocycles. The Bertz CT molecular complexity index is 557. The summed E-state index contributed by atoms with van der Waals surface area (Å²) in [7, 11) is 1.76. The molecule has 1 heterocycles. The van der Waals surface area contributed by atoms with Crippen LogP contribution in [0.5, 0.6) is 0 Å². The SMILES string of the molecule is CN(Cc1ccsc1)c1c(N)cc(N)c(Cl)c1F. The predicted octanol–water partition coefficient (Wildman–Crippen LogP) is 3.34. The molecule has 0 spiro atoms. The largest absolute Gasteiger partial charge is 0.397 e. The summed E-state index contributed by atoms with van der Waals surface area (Å²) in [5.74, 6) is -0.577. The first-order valence-electron chi connectivity index (χ1n) is 5.26. The van der Waals surface area contributed by atoms with Crippen LogP contribution in [0, 0.1) is 5.82 Å². The molecule has 0 amide bonds. The summed E-state index contributed by atoms with van der Waals surface area (Å²) < 4.78 is 14.1. The first kappa shape index (κ1) is 13.0. The van der Waals surface area contributed by atoms with Crippen molar-refractivity contribution in [3.8, 4) is 0 Å². The molecule has 0 aliphatic rings. The summed E-state index contributed by atoms with van der Waals surface area (Å²) in [4.78, 5) is 1.72. The first-order chi connectivity index (χ1) is 8.50. The predicted molar refractivity (Wildman–Crippen MR) is 76.7 cm³/mol. The van der Waals surface area contributed by atoms with E-state index in [1.54, 1.807) is 23.3 Å². The van der Waals surface area contributed by atoms with Crippen molar-refractivity contribution in [2.75, 3.05) is 23.4 Å². The average Bonchev–Trinajstić information content (AvgIpc) is 2.78. The maximum atomic E-state index is 14.1. The summed E-state index contributed by atoms with van der Waals surface area (Å²) >= 11 is 7.39. The van der Waals surface area contributed by atoms with Gasteiger partial charge >= 0.3 is 0 Å². The van der Waals surface area contributed by atoms with E-state index in [0.29, 0.717) is 6.54 Å². The Labute approximate surface area is 114 Å². The second-order valence-corrected chi connectivity index (χ2v) is 5.18. The average molecular weight is 286 g/mol. The molecule has 0 saturated heterocycles. The van der Waals surface area contributed by atoms with Crippen LogP contribution in [0.15, 0.2) is 22.9 Å². The van der Waals surface area contributed by atoms with Gasteiger partial charge in [-0.2, -0.15) is 11.3 Å². The lowest BCUT2D eigenvalue weighted by molar-refractivity contribution is 0.624. The minimum absolute atomic E-state index is 0.0867. The summed E-state index contributed by atoms with van der Waals surface area (Å²) in [6, 6.07) is 3.46. The van der Waals surface area contributed by atoms with Crippen LogP contribution in [-0.4, -0.2) is 7.05 Å². The van der Waals surface area contributed by atoms with Crippen molar-refractivity contribution in [1.82, 2.24) is 0 Å². The van der Waals surface area contributed by atoms with Gasteiger partial charge in [0, 0.05) is 13.6 Å². The number of nitrogen functional groups attached to an aromatic ring is 2. The maximum absolute atomic E-state index is 14.1. The summed E-state index contributed by atoms with van der Waals surface area (Å²) in [5, 5.41) is 3.89. The molecule has 4 N–H and O–H groups in total. The Hall–Kier alpha value is -1.46. The number of thiophene rings is 1. The number of hydrogen-bond acceptors (Lipinski definition) is 4. The van der Waals surface area contributed by atoms with Crippen molar-refractivity contribution in [3.63, 3.8) is 0 Å². The third-order valence-corrected chi connectivity index (χ3v) is 3.74. The number of anilines is 3. The number of benzene rings is 1. The lowest BCUT2D eigenvalue weighted by atomic mass is 10.2. The molecule has 1 aromatic heterocycles. The lowest BCUT2D eigenvalue weighted by Gasteiger charge is -2.22. The van der Waals surface area contributed by atoms with Crippen LogP contribution in [0.1, 0.15) is 5.56 Å². The highest BCUT2D eigenvalue weighted by Gasteiger charge is 2.17. The third kappa shape index (κ3) is 2.37. The Balaban J connectivity index is 2.36. The van der Waals surface area contributed by atoms with Crippen LogP contribution in [0.3, 0.4) is 0 Å². The zero-order valence-corrected chi connectivity index (χ0v) is 11.4. The highest BCUT2D eigenvalue weighted by molar-refractivity contribution is 7.07. The monoisotopic (exact) mass is 285 g/mol. The fourth-order valence-electron chi connectivity index (χ4n) is 1.78. The van der Waals surface area contributed by atoms with E-state index < -0.39 is 5.82 Å². The molecule has 0 radical (unpaired) electrons. The number of hydrogen-bond donors (Lipinski definition) is 2. The van der Waals surface area contributed by atoms with Gasteiger partial charge in [0.25, 0.3) is 0 Å². The highest BCUT2D eigenvalue weighted by Crippen LogP contribution is 2.36. The minimum Gasteiger partial charge on any atom is -0.397 e. The maximum Gasteiger partial charge on any atom is 0.169 e. The van der Waals surface area contributed by atoms with Gasteiger partial charge in [-0.3, -0.25) is 0 Å². The molecule has 0 bridgehead atoms. The standard InChI is InChI=1S/C12H13ClFN3S/c1-17(5-7-2-3-18-6-7)12-9(16)4-8(15)10(13)11(12)14/h2-4,6H,5,15-16H2,1H3.